The highest BCUT2D eigenvalue weighted by atomic mass is 16.5. The molecule has 3 heterocycles. The lowest BCUT2D eigenvalue weighted by Crippen LogP contribution is -2.32. The third kappa shape index (κ3) is 4.53. The molecule has 1 amide bonds. The van der Waals surface area contributed by atoms with Crippen LogP contribution in [0.5, 0.6) is 17.4 Å². The summed E-state index contributed by atoms with van der Waals surface area (Å²) in [6, 6.07) is 11.0. The first kappa shape index (κ1) is 18.9. The van der Waals surface area contributed by atoms with Gasteiger partial charge >= 0.3 is 0 Å². The highest BCUT2D eigenvalue weighted by Gasteiger charge is 2.29. The van der Waals surface area contributed by atoms with Crippen LogP contribution in [0.2, 0.25) is 0 Å². The summed E-state index contributed by atoms with van der Waals surface area (Å²) in [7, 11) is 1.63. The molecule has 0 spiro atoms. The van der Waals surface area contributed by atoms with Gasteiger partial charge in [0.05, 0.1) is 7.11 Å². The highest BCUT2D eigenvalue weighted by molar-refractivity contribution is 5.76. The number of aromatic nitrogens is 4. The van der Waals surface area contributed by atoms with Gasteiger partial charge in [-0.15, -0.1) is 0 Å². The Morgan fingerprint density at radius 2 is 2.00 bits per heavy atom. The summed E-state index contributed by atoms with van der Waals surface area (Å²) in [6.07, 6.45) is 4.29. The van der Waals surface area contributed by atoms with E-state index < -0.39 is 0 Å². The van der Waals surface area contributed by atoms with Crippen molar-refractivity contribution in [2.75, 3.05) is 20.2 Å². The molecule has 1 atom stereocenters. The third-order valence-electron chi connectivity index (χ3n) is 4.89. The van der Waals surface area contributed by atoms with E-state index in [2.05, 4.69) is 15.1 Å². The van der Waals surface area contributed by atoms with E-state index >= 15 is 0 Å². The minimum absolute atomic E-state index is 0.0542. The number of amides is 1. The van der Waals surface area contributed by atoms with Gasteiger partial charge in [-0.25, -0.2) is 4.98 Å². The molecule has 4 rings (SSSR count). The van der Waals surface area contributed by atoms with Gasteiger partial charge in [0, 0.05) is 43.2 Å². The molecule has 1 aliphatic heterocycles. The molecule has 0 aliphatic carbocycles. The maximum atomic E-state index is 12.5. The molecule has 1 aromatic carbocycles. The average molecular weight is 393 g/mol. The van der Waals surface area contributed by atoms with Crippen LogP contribution in [-0.4, -0.2) is 50.8 Å². The van der Waals surface area contributed by atoms with E-state index in [1.54, 1.807) is 24.2 Å². The van der Waals surface area contributed by atoms with Crippen LogP contribution in [0.4, 0.5) is 0 Å². The molecule has 0 saturated carbocycles. The number of benzene rings is 1. The second-order valence-electron chi connectivity index (χ2n) is 7.01. The molecule has 2 aromatic heterocycles. The SMILES string of the molecule is COc1ccc(Oc2cc(C)nc([C@H]3CCN(C(=O)Cn4cccn4)C3)n2)cc1. The predicted octanol–water partition coefficient (Wildman–Crippen LogP) is 2.80. The van der Waals surface area contributed by atoms with E-state index in [1.165, 1.54) is 0 Å². The zero-order chi connectivity index (χ0) is 20.2. The Balaban J connectivity index is 1.43. The molecule has 150 valence electrons. The van der Waals surface area contributed by atoms with Crippen molar-refractivity contribution in [3.05, 3.63) is 60.3 Å². The number of methoxy groups -OCH3 is 1. The number of nitrogens with zero attached hydrogens (tertiary/aromatic N) is 5. The molecular weight excluding hydrogens is 370 g/mol. The summed E-state index contributed by atoms with van der Waals surface area (Å²) in [4.78, 5) is 23.5. The number of hydrogen-bond donors (Lipinski definition) is 0. The van der Waals surface area contributed by atoms with E-state index in [9.17, 15) is 4.79 Å². The quantitative estimate of drug-likeness (QED) is 0.640. The maximum Gasteiger partial charge on any atom is 0.244 e. The number of carbonyl (C=O) groups excluding carboxylic acids is 1. The zero-order valence-electron chi connectivity index (χ0n) is 16.5. The Morgan fingerprint density at radius 3 is 2.72 bits per heavy atom. The van der Waals surface area contributed by atoms with Gasteiger partial charge in [0.2, 0.25) is 11.8 Å². The van der Waals surface area contributed by atoms with Crippen molar-refractivity contribution >= 4 is 5.91 Å². The van der Waals surface area contributed by atoms with E-state index in [4.69, 9.17) is 9.47 Å². The average Bonchev–Trinajstić information content (AvgIpc) is 3.40. The second kappa shape index (κ2) is 8.30. The lowest BCUT2D eigenvalue weighted by Gasteiger charge is -2.16. The van der Waals surface area contributed by atoms with Gasteiger partial charge in [0.1, 0.15) is 23.9 Å². The van der Waals surface area contributed by atoms with Crippen LogP contribution >= 0.6 is 0 Å². The molecule has 1 aliphatic rings. The first-order valence-electron chi connectivity index (χ1n) is 9.53. The fourth-order valence-corrected chi connectivity index (χ4v) is 3.39. The largest absolute Gasteiger partial charge is 0.497 e. The molecule has 0 unspecified atom stereocenters. The summed E-state index contributed by atoms with van der Waals surface area (Å²) in [5.74, 6) is 2.80. The molecule has 8 heteroatoms. The minimum atomic E-state index is 0.0542. The standard InChI is InChI=1S/C21H23N5O3/c1-15-12-19(29-18-6-4-17(28-2)5-7-18)24-21(23-15)16-8-11-25(13-16)20(27)14-26-10-3-9-22-26/h3-7,9-10,12,16H,8,11,13-14H2,1-2H3/t16-/m0/s1. The minimum Gasteiger partial charge on any atom is -0.497 e. The predicted molar refractivity (Wildman–Crippen MR) is 106 cm³/mol. The van der Waals surface area contributed by atoms with Crippen molar-refractivity contribution in [2.45, 2.75) is 25.8 Å². The third-order valence-corrected chi connectivity index (χ3v) is 4.89. The molecule has 1 saturated heterocycles. The first-order valence-corrected chi connectivity index (χ1v) is 9.53. The smallest absolute Gasteiger partial charge is 0.244 e. The van der Waals surface area contributed by atoms with E-state index in [0.29, 0.717) is 30.5 Å². The van der Waals surface area contributed by atoms with Crippen molar-refractivity contribution in [3.63, 3.8) is 0 Å². The lowest BCUT2D eigenvalue weighted by atomic mass is 10.1. The van der Waals surface area contributed by atoms with Gasteiger partial charge in [0.15, 0.2) is 0 Å². The molecule has 3 aromatic rings. The van der Waals surface area contributed by atoms with Crippen molar-refractivity contribution in [1.82, 2.24) is 24.6 Å². The second-order valence-corrected chi connectivity index (χ2v) is 7.01. The van der Waals surface area contributed by atoms with Crippen LogP contribution in [0.1, 0.15) is 23.9 Å². The van der Waals surface area contributed by atoms with Crippen molar-refractivity contribution in [1.29, 1.82) is 0 Å². The maximum absolute atomic E-state index is 12.5. The lowest BCUT2D eigenvalue weighted by molar-refractivity contribution is -0.131. The van der Waals surface area contributed by atoms with Gasteiger partial charge in [-0.3, -0.25) is 9.48 Å². The number of hydrogen-bond acceptors (Lipinski definition) is 6. The fourth-order valence-electron chi connectivity index (χ4n) is 3.39. The monoisotopic (exact) mass is 393 g/mol. The van der Waals surface area contributed by atoms with E-state index in [1.807, 2.05) is 48.2 Å². The van der Waals surface area contributed by atoms with Crippen LogP contribution in [0.15, 0.2) is 48.8 Å². The number of rotatable bonds is 6. The molecule has 8 nitrogen and oxygen atoms in total. The molecule has 0 radical (unpaired) electrons. The first-order chi connectivity index (χ1) is 14.1. The van der Waals surface area contributed by atoms with E-state index in [0.717, 1.165) is 17.9 Å². The molecule has 0 N–H and O–H groups in total. The Kier molecular flexibility index (Phi) is 5.41. The summed E-state index contributed by atoms with van der Waals surface area (Å²) in [5, 5.41) is 4.10. The van der Waals surface area contributed by atoms with Gasteiger partial charge in [-0.2, -0.15) is 10.1 Å². The number of likely N-dealkylation sites (tertiary alicyclic amines) is 1. The molecule has 29 heavy (non-hydrogen) atoms. The topological polar surface area (TPSA) is 82.4 Å². The Hall–Kier alpha value is -3.42. The molecule has 0 bridgehead atoms. The Morgan fingerprint density at radius 1 is 1.21 bits per heavy atom. The number of aryl methyl sites for hydroxylation is 1. The Labute approximate surface area is 169 Å². The normalized spacial score (nSPS) is 16.1. The number of carbonyl (C=O) groups is 1. The zero-order valence-corrected chi connectivity index (χ0v) is 16.5. The van der Waals surface area contributed by atoms with Crippen molar-refractivity contribution in [2.24, 2.45) is 0 Å². The van der Waals surface area contributed by atoms with Crippen LogP contribution in [0, 0.1) is 6.92 Å². The fraction of sp³-hybridized carbons (Fsp3) is 0.333. The van der Waals surface area contributed by atoms with E-state index in [-0.39, 0.29) is 18.4 Å². The van der Waals surface area contributed by atoms with Gasteiger partial charge in [0.25, 0.3) is 0 Å². The van der Waals surface area contributed by atoms with Gasteiger partial charge in [-0.1, -0.05) is 0 Å². The highest BCUT2D eigenvalue weighted by Crippen LogP contribution is 2.28. The summed E-state index contributed by atoms with van der Waals surface area (Å²) < 4.78 is 12.7. The summed E-state index contributed by atoms with van der Waals surface area (Å²) >= 11 is 0. The Bertz CT molecular complexity index is 972. The van der Waals surface area contributed by atoms with Crippen molar-refractivity contribution < 1.29 is 14.3 Å². The summed E-state index contributed by atoms with van der Waals surface area (Å²) in [5.41, 5.74) is 0.833. The summed E-state index contributed by atoms with van der Waals surface area (Å²) in [6.45, 7) is 3.46. The molecular formula is C21H23N5O3. The number of ether oxygens (including phenoxy) is 2. The van der Waals surface area contributed by atoms with Crippen molar-refractivity contribution in [3.8, 4) is 17.4 Å². The van der Waals surface area contributed by atoms with Gasteiger partial charge in [-0.05, 0) is 43.7 Å². The van der Waals surface area contributed by atoms with Crippen LogP contribution in [0.25, 0.3) is 0 Å². The van der Waals surface area contributed by atoms with Crippen LogP contribution in [0.3, 0.4) is 0 Å². The van der Waals surface area contributed by atoms with Crippen LogP contribution in [-0.2, 0) is 11.3 Å². The van der Waals surface area contributed by atoms with Crippen LogP contribution < -0.4 is 9.47 Å². The van der Waals surface area contributed by atoms with Gasteiger partial charge < -0.3 is 14.4 Å². The molecule has 1 fully saturated rings.